The third-order valence-electron chi connectivity index (χ3n) is 3.30. The van der Waals surface area contributed by atoms with Gasteiger partial charge in [-0.2, -0.15) is 0 Å². The molecule has 0 radical (unpaired) electrons. The second-order valence-corrected chi connectivity index (χ2v) is 5.07. The minimum atomic E-state index is -0.403. The zero-order chi connectivity index (χ0) is 18.1. The number of carbonyl (C=O) groups excluding carboxylic acids is 2. The van der Waals surface area contributed by atoms with E-state index in [9.17, 15) is 9.59 Å². The van der Waals surface area contributed by atoms with Crippen LogP contribution in [0.1, 0.15) is 27.6 Å². The molecule has 0 saturated heterocycles. The first-order chi connectivity index (χ1) is 12.2. The van der Waals surface area contributed by atoms with Crippen molar-refractivity contribution in [3.05, 3.63) is 53.7 Å². The molecular weight excluding hydrogens is 322 g/mol. The Kier molecular flexibility index (Phi) is 6.91. The number of hydrogen-bond acceptors (Lipinski definition) is 6. The van der Waals surface area contributed by atoms with Gasteiger partial charge in [0, 0.05) is 19.9 Å². The van der Waals surface area contributed by atoms with E-state index >= 15 is 0 Å². The molecule has 0 aliphatic carbocycles. The minimum Gasteiger partial charge on any atom is -0.462 e. The number of rotatable bonds is 8. The highest BCUT2D eigenvalue weighted by Crippen LogP contribution is 2.20. The molecule has 0 bridgehead atoms. The Morgan fingerprint density at radius 3 is 2.64 bits per heavy atom. The summed E-state index contributed by atoms with van der Waals surface area (Å²) in [6.07, 6.45) is 1.47. The predicted octanol–water partition coefficient (Wildman–Crippen LogP) is 2.38. The highest BCUT2D eigenvalue weighted by molar-refractivity contribution is 5.96. The van der Waals surface area contributed by atoms with Crippen molar-refractivity contribution in [3.63, 3.8) is 0 Å². The van der Waals surface area contributed by atoms with Gasteiger partial charge in [-0.05, 0) is 31.2 Å². The first-order valence-corrected chi connectivity index (χ1v) is 7.92. The Morgan fingerprint density at radius 2 is 1.96 bits per heavy atom. The van der Waals surface area contributed by atoms with Crippen molar-refractivity contribution in [3.8, 4) is 0 Å². The average molecular weight is 343 g/mol. The molecule has 1 heterocycles. The van der Waals surface area contributed by atoms with Gasteiger partial charge >= 0.3 is 5.97 Å². The highest BCUT2D eigenvalue weighted by atomic mass is 16.5. The fraction of sp³-hybridized carbons (Fsp3) is 0.278. The second-order valence-electron chi connectivity index (χ2n) is 5.07. The number of benzene rings is 1. The summed E-state index contributed by atoms with van der Waals surface area (Å²) < 4.78 is 9.92. The fourth-order valence-electron chi connectivity index (χ4n) is 2.09. The fourth-order valence-corrected chi connectivity index (χ4v) is 2.09. The van der Waals surface area contributed by atoms with Gasteiger partial charge in [0.05, 0.1) is 30.0 Å². The van der Waals surface area contributed by atoms with Gasteiger partial charge in [0.1, 0.15) is 5.82 Å². The normalized spacial score (nSPS) is 10.2. The van der Waals surface area contributed by atoms with Crippen LogP contribution in [0.2, 0.25) is 0 Å². The zero-order valence-electron chi connectivity index (χ0n) is 14.2. The average Bonchev–Trinajstić information content (AvgIpc) is 2.63. The molecule has 0 aliphatic heterocycles. The van der Waals surface area contributed by atoms with E-state index in [-0.39, 0.29) is 5.91 Å². The minimum absolute atomic E-state index is 0.219. The maximum Gasteiger partial charge on any atom is 0.340 e. The highest BCUT2D eigenvalue weighted by Gasteiger charge is 2.12. The van der Waals surface area contributed by atoms with Crippen LogP contribution in [0.25, 0.3) is 0 Å². The van der Waals surface area contributed by atoms with Crippen molar-refractivity contribution in [2.75, 3.05) is 32.2 Å². The molecule has 132 valence electrons. The smallest absolute Gasteiger partial charge is 0.340 e. The van der Waals surface area contributed by atoms with Crippen molar-refractivity contribution in [1.82, 2.24) is 10.3 Å². The topological polar surface area (TPSA) is 89.5 Å². The molecule has 1 aromatic carbocycles. The largest absolute Gasteiger partial charge is 0.462 e. The number of esters is 1. The number of pyridine rings is 1. The molecule has 7 heteroatoms. The lowest BCUT2D eigenvalue weighted by molar-refractivity contribution is 0.0527. The van der Waals surface area contributed by atoms with E-state index in [1.807, 2.05) is 6.07 Å². The Labute approximate surface area is 146 Å². The monoisotopic (exact) mass is 343 g/mol. The number of nitrogens with zero attached hydrogens (tertiary/aromatic N) is 1. The molecular formula is C18H21N3O4. The lowest BCUT2D eigenvalue weighted by Gasteiger charge is -2.11. The second kappa shape index (κ2) is 9.39. The van der Waals surface area contributed by atoms with Crippen molar-refractivity contribution >= 4 is 23.4 Å². The molecule has 7 nitrogen and oxygen atoms in total. The van der Waals surface area contributed by atoms with Crippen molar-refractivity contribution < 1.29 is 19.1 Å². The SMILES string of the molecule is CCOC(=O)c1ccccc1Nc1ccc(C(=O)NCCOC)cn1. The molecule has 1 amide bonds. The number of para-hydroxylation sites is 1. The van der Waals surface area contributed by atoms with Gasteiger partial charge in [-0.15, -0.1) is 0 Å². The molecule has 0 fully saturated rings. The quantitative estimate of drug-likeness (QED) is 0.565. The van der Waals surface area contributed by atoms with Crippen LogP contribution in [-0.4, -0.2) is 43.7 Å². The van der Waals surface area contributed by atoms with E-state index in [0.29, 0.717) is 42.4 Å². The van der Waals surface area contributed by atoms with Crippen LogP contribution in [0.3, 0.4) is 0 Å². The van der Waals surface area contributed by atoms with Crippen LogP contribution in [0, 0.1) is 0 Å². The summed E-state index contributed by atoms with van der Waals surface area (Å²) in [5.74, 6) is -0.104. The van der Waals surface area contributed by atoms with Crippen molar-refractivity contribution in [1.29, 1.82) is 0 Å². The van der Waals surface area contributed by atoms with E-state index in [4.69, 9.17) is 9.47 Å². The maximum absolute atomic E-state index is 12.0. The summed E-state index contributed by atoms with van der Waals surface area (Å²) in [7, 11) is 1.57. The number of anilines is 2. The van der Waals surface area contributed by atoms with Gasteiger partial charge in [-0.1, -0.05) is 12.1 Å². The molecule has 2 N–H and O–H groups in total. The van der Waals surface area contributed by atoms with E-state index < -0.39 is 5.97 Å². The van der Waals surface area contributed by atoms with E-state index in [2.05, 4.69) is 15.6 Å². The lowest BCUT2D eigenvalue weighted by Crippen LogP contribution is -2.27. The Hall–Kier alpha value is -2.93. The van der Waals surface area contributed by atoms with E-state index in [1.165, 1.54) is 6.20 Å². The van der Waals surface area contributed by atoms with Gasteiger partial charge in [0.15, 0.2) is 0 Å². The van der Waals surface area contributed by atoms with Crippen LogP contribution in [0.5, 0.6) is 0 Å². The molecule has 0 atom stereocenters. The van der Waals surface area contributed by atoms with E-state index in [1.54, 1.807) is 44.4 Å². The molecule has 0 unspecified atom stereocenters. The van der Waals surface area contributed by atoms with Crippen LogP contribution < -0.4 is 10.6 Å². The van der Waals surface area contributed by atoms with Crippen molar-refractivity contribution in [2.45, 2.75) is 6.92 Å². The first kappa shape index (κ1) is 18.4. The standard InChI is InChI=1S/C18H21N3O4/c1-3-25-18(23)14-6-4-5-7-15(14)21-16-9-8-13(12-20-16)17(22)19-10-11-24-2/h4-9,12H,3,10-11H2,1-2H3,(H,19,22)(H,20,21). The Balaban J connectivity index is 2.07. The van der Waals surface area contributed by atoms with Gasteiger partial charge < -0.3 is 20.1 Å². The summed E-state index contributed by atoms with van der Waals surface area (Å²) >= 11 is 0. The van der Waals surface area contributed by atoms with E-state index in [0.717, 1.165) is 0 Å². The molecule has 0 saturated carbocycles. The number of aromatic nitrogens is 1. The molecule has 0 spiro atoms. The number of nitrogens with one attached hydrogen (secondary N) is 2. The third-order valence-corrected chi connectivity index (χ3v) is 3.30. The van der Waals surface area contributed by atoms with Crippen LogP contribution >= 0.6 is 0 Å². The number of ether oxygens (including phenoxy) is 2. The maximum atomic E-state index is 12.0. The third kappa shape index (κ3) is 5.29. The van der Waals surface area contributed by atoms with Crippen LogP contribution in [-0.2, 0) is 9.47 Å². The molecule has 1 aromatic heterocycles. The zero-order valence-corrected chi connectivity index (χ0v) is 14.2. The molecule has 2 rings (SSSR count). The molecule has 25 heavy (non-hydrogen) atoms. The Bertz CT molecular complexity index is 717. The van der Waals surface area contributed by atoms with Crippen LogP contribution in [0.4, 0.5) is 11.5 Å². The number of methoxy groups -OCH3 is 1. The van der Waals surface area contributed by atoms with Crippen molar-refractivity contribution in [2.24, 2.45) is 0 Å². The Morgan fingerprint density at radius 1 is 1.16 bits per heavy atom. The molecule has 2 aromatic rings. The predicted molar refractivity (Wildman–Crippen MR) is 94.1 cm³/mol. The van der Waals surface area contributed by atoms with Gasteiger partial charge in [-0.25, -0.2) is 9.78 Å². The van der Waals surface area contributed by atoms with Gasteiger partial charge in [0.2, 0.25) is 0 Å². The lowest BCUT2D eigenvalue weighted by atomic mass is 10.1. The number of amides is 1. The summed E-state index contributed by atoms with van der Waals surface area (Å²) in [6.45, 7) is 2.94. The number of hydrogen-bond donors (Lipinski definition) is 2. The van der Waals surface area contributed by atoms with Gasteiger partial charge in [-0.3, -0.25) is 4.79 Å². The summed E-state index contributed by atoms with van der Waals surface area (Å²) in [5, 5.41) is 5.79. The summed E-state index contributed by atoms with van der Waals surface area (Å²) in [5.41, 5.74) is 1.46. The van der Waals surface area contributed by atoms with Gasteiger partial charge in [0.25, 0.3) is 5.91 Å². The number of carbonyl (C=O) groups is 2. The first-order valence-electron chi connectivity index (χ1n) is 7.92. The molecule has 0 aliphatic rings. The van der Waals surface area contributed by atoms with Crippen LogP contribution in [0.15, 0.2) is 42.6 Å². The summed E-state index contributed by atoms with van der Waals surface area (Å²) in [6, 6.07) is 10.3. The summed E-state index contributed by atoms with van der Waals surface area (Å²) in [4.78, 5) is 28.1.